The maximum absolute atomic E-state index is 12.4. The first kappa shape index (κ1) is 17.6. The van der Waals surface area contributed by atoms with Gasteiger partial charge in [0.15, 0.2) is 0 Å². The Hall–Kier alpha value is -0.730. The molecule has 1 aromatic rings. The quantitative estimate of drug-likeness (QED) is 0.794. The summed E-state index contributed by atoms with van der Waals surface area (Å²) in [6, 6.07) is 3.52. The van der Waals surface area contributed by atoms with Gasteiger partial charge in [-0.25, -0.2) is 13.1 Å². The van der Waals surface area contributed by atoms with Crippen molar-refractivity contribution in [3.8, 4) is 0 Å². The number of rotatable bonds is 6. The number of benzene rings is 1. The Morgan fingerprint density at radius 1 is 1.14 bits per heavy atom. The third-order valence-corrected chi connectivity index (χ3v) is 6.40. The van der Waals surface area contributed by atoms with Crippen molar-refractivity contribution < 1.29 is 21.6 Å². The SMILES string of the molecule is O=S(=O)(NCCSC1CCCC1)c1ccc(C(F)(F)F)cc1. The van der Waals surface area contributed by atoms with E-state index in [0.29, 0.717) is 11.0 Å². The fourth-order valence-corrected chi connectivity index (χ4v) is 4.74. The highest BCUT2D eigenvalue weighted by atomic mass is 32.2. The molecule has 8 heteroatoms. The molecule has 1 aliphatic carbocycles. The normalized spacial score (nSPS) is 17.0. The highest BCUT2D eigenvalue weighted by Crippen LogP contribution is 2.30. The molecule has 1 aliphatic rings. The molecular weight excluding hydrogens is 335 g/mol. The smallest absolute Gasteiger partial charge is 0.210 e. The lowest BCUT2D eigenvalue weighted by molar-refractivity contribution is -0.137. The van der Waals surface area contributed by atoms with Crippen molar-refractivity contribution in [3.05, 3.63) is 29.8 Å². The zero-order chi connectivity index (χ0) is 16.2. The van der Waals surface area contributed by atoms with Crippen molar-refractivity contribution >= 4 is 21.8 Å². The molecule has 124 valence electrons. The lowest BCUT2D eigenvalue weighted by Crippen LogP contribution is -2.26. The number of nitrogens with one attached hydrogen (secondary N) is 1. The van der Waals surface area contributed by atoms with E-state index in [0.717, 1.165) is 24.3 Å². The second kappa shape index (κ2) is 7.23. The summed E-state index contributed by atoms with van der Waals surface area (Å²) >= 11 is 1.75. The molecule has 0 amide bonds. The maximum atomic E-state index is 12.4. The standard InChI is InChI=1S/C14H18F3NO2S2/c15-14(16,17)11-5-7-13(8-6-11)22(19,20)18-9-10-21-12-3-1-2-4-12/h5-8,12,18H,1-4,9-10H2. The monoisotopic (exact) mass is 353 g/mol. The van der Waals surface area contributed by atoms with Gasteiger partial charge in [-0.05, 0) is 37.1 Å². The zero-order valence-electron chi connectivity index (χ0n) is 11.9. The van der Waals surface area contributed by atoms with Crippen LogP contribution in [-0.2, 0) is 16.2 Å². The summed E-state index contributed by atoms with van der Waals surface area (Å²) in [6.07, 6.45) is 0.351. The Bertz CT molecular complexity index is 579. The third-order valence-electron chi connectivity index (χ3n) is 3.54. The fourth-order valence-electron chi connectivity index (χ4n) is 2.36. The minimum Gasteiger partial charge on any atom is -0.210 e. The van der Waals surface area contributed by atoms with Gasteiger partial charge >= 0.3 is 6.18 Å². The molecule has 1 aromatic carbocycles. The topological polar surface area (TPSA) is 46.2 Å². The number of thioether (sulfide) groups is 1. The van der Waals surface area contributed by atoms with Crippen molar-refractivity contribution in [3.63, 3.8) is 0 Å². The summed E-state index contributed by atoms with van der Waals surface area (Å²) in [5, 5.41) is 0.607. The fraction of sp³-hybridized carbons (Fsp3) is 0.571. The lowest BCUT2D eigenvalue weighted by atomic mass is 10.2. The summed E-state index contributed by atoms with van der Waals surface area (Å²) in [4.78, 5) is -0.147. The molecule has 0 radical (unpaired) electrons. The first-order valence-electron chi connectivity index (χ1n) is 7.07. The van der Waals surface area contributed by atoms with Crippen LogP contribution in [0.4, 0.5) is 13.2 Å². The second-order valence-corrected chi connectivity index (χ2v) is 8.37. The lowest BCUT2D eigenvalue weighted by Gasteiger charge is -2.11. The van der Waals surface area contributed by atoms with E-state index in [2.05, 4.69) is 4.72 Å². The Morgan fingerprint density at radius 3 is 2.27 bits per heavy atom. The van der Waals surface area contributed by atoms with Crippen molar-refractivity contribution in [2.24, 2.45) is 0 Å². The van der Waals surface area contributed by atoms with Crippen molar-refractivity contribution in [2.45, 2.75) is 42.0 Å². The summed E-state index contributed by atoms with van der Waals surface area (Å²) in [5.74, 6) is 0.671. The van der Waals surface area contributed by atoms with Gasteiger partial charge in [-0.2, -0.15) is 24.9 Å². The van der Waals surface area contributed by atoms with E-state index in [1.54, 1.807) is 11.8 Å². The Labute approximate surface area is 132 Å². The highest BCUT2D eigenvalue weighted by molar-refractivity contribution is 8.00. The van der Waals surface area contributed by atoms with Crippen LogP contribution >= 0.6 is 11.8 Å². The van der Waals surface area contributed by atoms with Crippen LogP contribution in [0.5, 0.6) is 0 Å². The van der Waals surface area contributed by atoms with Crippen LogP contribution in [0.15, 0.2) is 29.2 Å². The largest absolute Gasteiger partial charge is 0.416 e. The first-order chi connectivity index (χ1) is 10.3. The molecule has 2 rings (SSSR count). The predicted molar refractivity (Wildman–Crippen MR) is 81.3 cm³/mol. The second-order valence-electron chi connectivity index (χ2n) is 5.20. The average molecular weight is 353 g/mol. The summed E-state index contributed by atoms with van der Waals surface area (Å²) in [5.41, 5.74) is -0.858. The van der Waals surface area contributed by atoms with Gasteiger partial charge < -0.3 is 0 Å². The maximum Gasteiger partial charge on any atom is 0.416 e. The highest BCUT2D eigenvalue weighted by Gasteiger charge is 2.30. The van der Waals surface area contributed by atoms with Crippen LogP contribution in [0, 0.1) is 0 Å². The van der Waals surface area contributed by atoms with Gasteiger partial charge in [0.25, 0.3) is 0 Å². The van der Waals surface area contributed by atoms with Gasteiger partial charge in [0, 0.05) is 17.5 Å². The van der Waals surface area contributed by atoms with E-state index in [-0.39, 0.29) is 11.4 Å². The van der Waals surface area contributed by atoms with Crippen molar-refractivity contribution in [2.75, 3.05) is 12.3 Å². The molecule has 0 spiro atoms. The molecule has 1 saturated carbocycles. The van der Waals surface area contributed by atoms with Gasteiger partial charge in [0.1, 0.15) is 0 Å². The third kappa shape index (κ3) is 4.89. The van der Waals surface area contributed by atoms with Gasteiger partial charge in [-0.3, -0.25) is 0 Å². The number of halogens is 3. The first-order valence-corrected chi connectivity index (χ1v) is 9.61. The van der Waals surface area contributed by atoms with Crippen LogP contribution < -0.4 is 4.72 Å². The molecule has 22 heavy (non-hydrogen) atoms. The van der Waals surface area contributed by atoms with Gasteiger partial charge in [-0.1, -0.05) is 12.8 Å². The molecule has 0 aromatic heterocycles. The van der Waals surface area contributed by atoms with E-state index in [1.165, 1.54) is 25.7 Å². The van der Waals surface area contributed by atoms with Crippen molar-refractivity contribution in [1.29, 1.82) is 0 Å². The van der Waals surface area contributed by atoms with Crippen LogP contribution in [0.3, 0.4) is 0 Å². The van der Waals surface area contributed by atoms with Crippen LogP contribution in [-0.4, -0.2) is 26.0 Å². The van der Waals surface area contributed by atoms with E-state index >= 15 is 0 Å². The molecule has 0 atom stereocenters. The summed E-state index contributed by atoms with van der Waals surface area (Å²) < 4.78 is 63.7. The molecule has 0 bridgehead atoms. The van der Waals surface area contributed by atoms with Crippen LogP contribution in [0.1, 0.15) is 31.2 Å². The molecule has 3 nitrogen and oxygen atoms in total. The van der Waals surface area contributed by atoms with Crippen LogP contribution in [0.2, 0.25) is 0 Å². The van der Waals surface area contributed by atoms with Gasteiger partial charge in [0.2, 0.25) is 10.0 Å². The number of alkyl halides is 3. The Kier molecular flexibility index (Phi) is 5.79. The van der Waals surface area contributed by atoms with Gasteiger partial charge in [0.05, 0.1) is 10.5 Å². The Balaban J connectivity index is 1.86. The average Bonchev–Trinajstić information content (AvgIpc) is 2.96. The minimum absolute atomic E-state index is 0.147. The van der Waals surface area contributed by atoms with E-state index in [4.69, 9.17) is 0 Å². The molecule has 1 fully saturated rings. The van der Waals surface area contributed by atoms with Crippen molar-refractivity contribution in [1.82, 2.24) is 4.72 Å². The Morgan fingerprint density at radius 2 is 1.73 bits per heavy atom. The minimum atomic E-state index is -4.46. The summed E-state index contributed by atoms with van der Waals surface area (Å²) in [6.45, 7) is 0.282. The molecule has 0 aliphatic heterocycles. The van der Waals surface area contributed by atoms with E-state index in [1.807, 2.05) is 0 Å². The summed E-state index contributed by atoms with van der Waals surface area (Å²) in [7, 11) is -3.75. The van der Waals surface area contributed by atoms with E-state index in [9.17, 15) is 21.6 Å². The number of hydrogen-bond donors (Lipinski definition) is 1. The van der Waals surface area contributed by atoms with Gasteiger partial charge in [-0.15, -0.1) is 0 Å². The molecule has 0 unspecified atom stereocenters. The number of sulfonamides is 1. The predicted octanol–water partition coefficient (Wildman–Crippen LogP) is 3.66. The molecule has 1 N–H and O–H groups in total. The molecular formula is C14H18F3NO2S2. The molecule has 0 heterocycles. The molecule has 0 saturated heterocycles. The van der Waals surface area contributed by atoms with Crippen LogP contribution in [0.25, 0.3) is 0 Å². The zero-order valence-corrected chi connectivity index (χ0v) is 13.5. The number of hydrogen-bond acceptors (Lipinski definition) is 3. The van der Waals surface area contributed by atoms with E-state index < -0.39 is 21.8 Å².